The minimum atomic E-state index is 0.448. The lowest BCUT2D eigenvalue weighted by molar-refractivity contribution is 0.461. The minimum Gasteiger partial charge on any atom is -0.313 e. The van der Waals surface area contributed by atoms with Crippen LogP contribution < -0.4 is 5.32 Å². The molecule has 0 saturated heterocycles. The van der Waals surface area contributed by atoms with E-state index in [1.54, 1.807) is 0 Å². The van der Waals surface area contributed by atoms with Crippen LogP contribution in [-0.2, 0) is 6.54 Å². The van der Waals surface area contributed by atoms with Crippen molar-refractivity contribution in [2.24, 2.45) is 0 Å². The SMILES string of the molecule is CCNC(C)Cn1cc(-c2ccccc2)cn1. The second-order valence-electron chi connectivity index (χ2n) is 4.28. The summed E-state index contributed by atoms with van der Waals surface area (Å²) < 4.78 is 2.00. The average molecular weight is 229 g/mol. The number of aromatic nitrogens is 2. The van der Waals surface area contributed by atoms with Crippen molar-refractivity contribution in [3.8, 4) is 11.1 Å². The summed E-state index contributed by atoms with van der Waals surface area (Å²) in [7, 11) is 0. The molecule has 0 bridgehead atoms. The summed E-state index contributed by atoms with van der Waals surface area (Å²) in [5, 5.41) is 7.77. The monoisotopic (exact) mass is 229 g/mol. The van der Waals surface area contributed by atoms with Gasteiger partial charge in [-0.2, -0.15) is 5.10 Å². The van der Waals surface area contributed by atoms with Crippen molar-refractivity contribution >= 4 is 0 Å². The molecule has 0 radical (unpaired) electrons. The van der Waals surface area contributed by atoms with E-state index in [9.17, 15) is 0 Å². The Morgan fingerprint density at radius 3 is 2.71 bits per heavy atom. The molecule has 1 atom stereocenters. The molecule has 0 spiro atoms. The van der Waals surface area contributed by atoms with Crippen LogP contribution in [-0.4, -0.2) is 22.4 Å². The second kappa shape index (κ2) is 5.64. The normalized spacial score (nSPS) is 12.6. The molecule has 1 aromatic heterocycles. The van der Waals surface area contributed by atoms with Crippen LogP contribution in [0, 0.1) is 0 Å². The summed E-state index contributed by atoms with van der Waals surface area (Å²) >= 11 is 0. The maximum atomic E-state index is 4.39. The fourth-order valence-electron chi connectivity index (χ4n) is 1.94. The molecule has 3 heteroatoms. The number of likely N-dealkylation sites (N-methyl/N-ethyl adjacent to an activating group) is 1. The van der Waals surface area contributed by atoms with Gasteiger partial charge >= 0.3 is 0 Å². The molecule has 1 aromatic carbocycles. The summed E-state index contributed by atoms with van der Waals surface area (Å²) in [6.45, 7) is 6.19. The molecule has 0 fully saturated rings. The smallest absolute Gasteiger partial charge is 0.0568 e. The molecule has 2 rings (SSSR count). The van der Waals surface area contributed by atoms with E-state index < -0.39 is 0 Å². The lowest BCUT2D eigenvalue weighted by Gasteiger charge is -2.11. The minimum absolute atomic E-state index is 0.448. The number of nitrogens with one attached hydrogen (secondary N) is 1. The van der Waals surface area contributed by atoms with Crippen molar-refractivity contribution in [3.05, 3.63) is 42.7 Å². The topological polar surface area (TPSA) is 29.9 Å². The Hall–Kier alpha value is -1.61. The highest BCUT2D eigenvalue weighted by molar-refractivity contribution is 5.61. The highest BCUT2D eigenvalue weighted by Crippen LogP contribution is 2.17. The summed E-state index contributed by atoms with van der Waals surface area (Å²) in [4.78, 5) is 0. The van der Waals surface area contributed by atoms with Gasteiger partial charge in [0.25, 0.3) is 0 Å². The molecule has 0 saturated carbocycles. The Kier molecular flexibility index (Phi) is 3.94. The lowest BCUT2D eigenvalue weighted by Crippen LogP contribution is -2.30. The van der Waals surface area contributed by atoms with Gasteiger partial charge in [0, 0.05) is 17.8 Å². The van der Waals surface area contributed by atoms with Gasteiger partial charge in [-0.3, -0.25) is 4.68 Å². The van der Waals surface area contributed by atoms with Crippen molar-refractivity contribution in [3.63, 3.8) is 0 Å². The molecule has 3 nitrogen and oxygen atoms in total. The summed E-state index contributed by atoms with van der Waals surface area (Å²) in [6, 6.07) is 10.8. The third-order valence-corrected chi connectivity index (χ3v) is 2.75. The molecule has 2 aromatic rings. The summed E-state index contributed by atoms with van der Waals surface area (Å²) in [6.07, 6.45) is 4.02. The first-order valence-corrected chi connectivity index (χ1v) is 6.11. The van der Waals surface area contributed by atoms with E-state index in [0.717, 1.165) is 13.1 Å². The van der Waals surface area contributed by atoms with Crippen molar-refractivity contribution in [2.45, 2.75) is 26.4 Å². The highest BCUT2D eigenvalue weighted by atomic mass is 15.3. The van der Waals surface area contributed by atoms with Crippen LogP contribution in [0.15, 0.2) is 42.7 Å². The zero-order valence-corrected chi connectivity index (χ0v) is 10.4. The summed E-state index contributed by atoms with van der Waals surface area (Å²) in [5.74, 6) is 0. The fourth-order valence-corrected chi connectivity index (χ4v) is 1.94. The fraction of sp³-hybridized carbons (Fsp3) is 0.357. The Morgan fingerprint density at radius 2 is 2.00 bits per heavy atom. The van der Waals surface area contributed by atoms with Gasteiger partial charge in [0.2, 0.25) is 0 Å². The van der Waals surface area contributed by atoms with E-state index in [1.807, 2.05) is 29.1 Å². The van der Waals surface area contributed by atoms with Crippen LogP contribution in [0.4, 0.5) is 0 Å². The Labute approximate surface area is 102 Å². The standard InChI is InChI=1S/C14H19N3/c1-3-15-12(2)10-17-11-14(9-16-17)13-7-5-4-6-8-13/h4-9,11-12,15H,3,10H2,1-2H3. The number of nitrogens with zero attached hydrogens (tertiary/aromatic N) is 2. The van der Waals surface area contributed by atoms with E-state index in [0.29, 0.717) is 6.04 Å². The first-order chi connectivity index (χ1) is 8.29. The zero-order valence-electron chi connectivity index (χ0n) is 10.4. The molecular formula is C14H19N3. The molecule has 1 unspecified atom stereocenters. The van der Waals surface area contributed by atoms with Gasteiger partial charge in [-0.05, 0) is 19.0 Å². The van der Waals surface area contributed by atoms with E-state index in [1.165, 1.54) is 11.1 Å². The van der Waals surface area contributed by atoms with Crippen LogP contribution in [0.25, 0.3) is 11.1 Å². The van der Waals surface area contributed by atoms with Crippen molar-refractivity contribution in [1.82, 2.24) is 15.1 Å². The van der Waals surface area contributed by atoms with Crippen LogP contribution in [0.5, 0.6) is 0 Å². The molecular weight excluding hydrogens is 210 g/mol. The van der Waals surface area contributed by atoms with Crippen LogP contribution in [0.3, 0.4) is 0 Å². The van der Waals surface area contributed by atoms with Gasteiger partial charge < -0.3 is 5.32 Å². The molecule has 0 aliphatic rings. The zero-order chi connectivity index (χ0) is 12.1. The first-order valence-electron chi connectivity index (χ1n) is 6.11. The second-order valence-corrected chi connectivity index (χ2v) is 4.28. The molecule has 0 aliphatic heterocycles. The Morgan fingerprint density at radius 1 is 1.24 bits per heavy atom. The van der Waals surface area contributed by atoms with Crippen LogP contribution in [0.2, 0.25) is 0 Å². The summed E-state index contributed by atoms with van der Waals surface area (Å²) in [5.41, 5.74) is 2.39. The van der Waals surface area contributed by atoms with E-state index in [4.69, 9.17) is 0 Å². The largest absolute Gasteiger partial charge is 0.313 e. The van der Waals surface area contributed by atoms with Gasteiger partial charge in [-0.25, -0.2) is 0 Å². The predicted molar refractivity (Wildman–Crippen MR) is 70.8 cm³/mol. The number of rotatable bonds is 5. The van der Waals surface area contributed by atoms with E-state index >= 15 is 0 Å². The molecule has 1 N–H and O–H groups in total. The predicted octanol–water partition coefficient (Wildman–Crippen LogP) is 2.55. The lowest BCUT2D eigenvalue weighted by atomic mass is 10.1. The molecule has 17 heavy (non-hydrogen) atoms. The van der Waals surface area contributed by atoms with Gasteiger partial charge in [-0.15, -0.1) is 0 Å². The van der Waals surface area contributed by atoms with Crippen molar-refractivity contribution in [1.29, 1.82) is 0 Å². The number of hydrogen-bond donors (Lipinski definition) is 1. The third-order valence-electron chi connectivity index (χ3n) is 2.75. The Balaban J connectivity index is 2.06. The highest BCUT2D eigenvalue weighted by Gasteiger charge is 2.04. The van der Waals surface area contributed by atoms with Crippen LogP contribution >= 0.6 is 0 Å². The molecule has 90 valence electrons. The number of benzene rings is 1. The van der Waals surface area contributed by atoms with Crippen molar-refractivity contribution < 1.29 is 0 Å². The average Bonchev–Trinajstić information content (AvgIpc) is 2.79. The van der Waals surface area contributed by atoms with Crippen molar-refractivity contribution in [2.75, 3.05) is 6.54 Å². The Bertz CT molecular complexity index is 448. The quantitative estimate of drug-likeness (QED) is 0.854. The molecule has 1 heterocycles. The van der Waals surface area contributed by atoms with Gasteiger partial charge in [0.1, 0.15) is 0 Å². The van der Waals surface area contributed by atoms with E-state index in [2.05, 4.69) is 42.6 Å². The maximum absolute atomic E-state index is 4.39. The van der Waals surface area contributed by atoms with Crippen LogP contribution in [0.1, 0.15) is 13.8 Å². The van der Waals surface area contributed by atoms with Gasteiger partial charge in [0.15, 0.2) is 0 Å². The van der Waals surface area contributed by atoms with Gasteiger partial charge in [0.05, 0.1) is 12.7 Å². The third kappa shape index (κ3) is 3.17. The maximum Gasteiger partial charge on any atom is 0.0568 e. The van der Waals surface area contributed by atoms with Gasteiger partial charge in [-0.1, -0.05) is 37.3 Å². The van der Waals surface area contributed by atoms with E-state index in [-0.39, 0.29) is 0 Å². The molecule has 0 amide bonds. The number of hydrogen-bond acceptors (Lipinski definition) is 2. The first kappa shape index (κ1) is 11.9. The molecule has 0 aliphatic carbocycles.